The number of hydrogen-bond donors (Lipinski definition) is 2. The highest BCUT2D eigenvalue weighted by Gasteiger charge is 2.12. The molecule has 1 aromatic carbocycles. The number of carbonyl (C=O) groups is 1. The lowest BCUT2D eigenvalue weighted by atomic mass is 10.1. The maximum Gasteiger partial charge on any atom is 0.271 e. The van der Waals surface area contributed by atoms with Crippen LogP contribution in [0.1, 0.15) is 10.5 Å². The van der Waals surface area contributed by atoms with Crippen molar-refractivity contribution in [3.05, 3.63) is 29.7 Å². The van der Waals surface area contributed by atoms with Crippen molar-refractivity contribution < 1.29 is 9.18 Å². The third-order valence-corrected chi connectivity index (χ3v) is 2.00. The van der Waals surface area contributed by atoms with Gasteiger partial charge in [-0.3, -0.25) is 4.79 Å². The number of nitrogen functional groups attached to an aromatic ring is 1. The van der Waals surface area contributed by atoms with Gasteiger partial charge in [0.25, 0.3) is 5.91 Å². The van der Waals surface area contributed by atoms with E-state index in [4.69, 9.17) is 11.5 Å². The molecule has 2 aromatic rings. The van der Waals surface area contributed by atoms with E-state index in [1.807, 2.05) is 0 Å². The summed E-state index contributed by atoms with van der Waals surface area (Å²) in [6, 6.07) is 3.85. The number of fused-ring (bicyclic) bond motifs is 1. The Hall–Kier alpha value is -2.24. The molecule has 15 heavy (non-hydrogen) atoms. The number of anilines is 1. The predicted molar refractivity (Wildman–Crippen MR) is 52.4 cm³/mol. The average Bonchev–Trinajstić information content (AvgIpc) is 2.19. The number of nitrogens with zero attached hydrogens (tertiary/aromatic N) is 2. The summed E-state index contributed by atoms with van der Waals surface area (Å²) >= 11 is 0. The number of nitrogens with two attached hydrogens (primary N) is 2. The smallest absolute Gasteiger partial charge is 0.271 e. The molecule has 76 valence electrons. The Morgan fingerprint density at radius 3 is 2.73 bits per heavy atom. The van der Waals surface area contributed by atoms with E-state index in [1.165, 1.54) is 18.2 Å². The minimum atomic E-state index is -0.786. The minimum Gasteiger partial charge on any atom is -0.396 e. The van der Waals surface area contributed by atoms with E-state index in [2.05, 4.69) is 10.2 Å². The van der Waals surface area contributed by atoms with Crippen LogP contribution in [0.4, 0.5) is 10.1 Å². The first-order chi connectivity index (χ1) is 7.09. The molecule has 0 aliphatic carbocycles. The summed E-state index contributed by atoms with van der Waals surface area (Å²) in [5.74, 6) is -1.25. The second kappa shape index (κ2) is 3.16. The second-order valence-corrected chi connectivity index (χ2v) is 2.99. The first kappa shape index (κ1) is 9.32. The Labute approximate surface area is 83.9 Å². The van der Waals surface area contributed by atoms with Crippen LogP contribution < -0.4 is 11.5 Å². The molecule has 0 aliphatic rings. The molecule has 1 heterocycles. The SMILES string of the molecule is NC(=O)c1nnc2ccc(F)cc2c1N. The van der Waals surface area contributed by atoms with Crippen molar-refractivity contribution in [2.75, 3.05) is 5.73 Å². The third kappa shape index (κ3) is 1.45. The summed E-state index contributed by atoms with van der Waals surface area (Å²) in [7, 11) is 0. The number of amides is 1. The molecule has 0 radical (unpaired) electrons. The van der Waals surface area contributed by atoms with E-state index in [-0.39, 0.29) is 11.4 Å². The second-order valence-electron chi connectivity index (χ2n) is 2.99. The zero-order valence-electron chi connectivity index (χ0n) is 7.57. The largest absolute Gasteiger partial charge is 0.396 e. The van der Waals surface area contributed by atoms with Crippen molar-refractivity contribution in [3.8, 4) is 0 Å². The Morgan fingerprint density at radius 1 is 1.33 bits per heavy atom. The summed E-state index contributed by atoms with van der Waals surface area (Å²) in [4.78, 5) is 10.9. The molecule has 0 saturated carbocycles. The fourth-order valence-corrected chi connectivity index (χ4v) is 1.28. The number of primary amides is 1. The van der Waals surface area contributed by atoms with Gasteiger partial charge in [-0.25, -0.2) is 4.39 Å². The van der Waals surface area contributed by atoms with Crippen molar-refractivity contribution >= 4 is 22.5 Å². The molecule has 0 spiro atoms. The molecule has 0 fully saturated rings. The summed E-state index contributed by atoms with van der Waals surface area (Å²) in [6.45, 7) is 0. The Balaban J connectivity index is 2.82. The van der Waals surface area contributed by atoms with E-state index in [1.54, 1.807) is 0 Å². The highest BCUT2D eigenvalue weighted by molar-refractivity contribution is 6.03. The normalized spacial score (nSPS) is 10.5. The lowest BCUT2D eigenvalue weighted by molar-refractivity contribution is 0.0996. The average molecular weight is 206 g/mol. The van der Waals surface area contributed by atoms with Gasteiger partial charge in [-0.15, -0.1) is 10.2 Å². The van der Waals surface area contributed by atoms with Crippen molar-refractivity contribution in [1.29, 1.82) is 0 Å². The number of rotatable bonds is 1. The monoisotopic (exact) mass is 206 g/mol. The molecule has 6 heteroatoms. The quantitative estimate of drug-likeness (QED) is 0.708. The number of carbonyl (C=O) groups excluding carboxylic acids is 1. The number of benzene rings is 1. The van der Waals surface area contributed by atoms with Gasteiger partial charge in [-0.2, -0.15) is 0 Å². The van der Waals surface area contributed by atoms with Crippen LogP contribution in [-0.2, 0) is 0 Å². The molecule has 1 aromatic heterocycles. The number of halogens is 1. The van der Waals surface area contributed by atoms with Crippen LogP contribution in [0.3, 0.4) is 0 Å². The predicted octanol–water partition coefficient (Wildman–Crippen LogP) is 0.450. The molecule has 4 N–H and O–H groups in total. The fourth-order valence-electron chi connectivity index (χ4n) is 1.28. The van der Waals surface area contributed by atoms with Gasteiger partial charge in [0.2, 0.25) is 0 Å². The topological polar surface area (TPSA) is 94.9 Å². The van der Waals surface area contributed by atoms with Crippen molar-refractivity contribution in [2.24, 2.45) is 5.73 Å². The van der Waals surface area contributed by atoms with E-state index in [0.717, 1.165) is 0 Å². The molecule has 0 aliphatic heterocycles. The van der Waals surface area contributed by atoms with Crippen LogP contribution in [0.15, 0.2) is 18.2 Å². The van der Waals surface area contributed by atoms with Crippen LogP contribution in [0.5, 0.6) is 0 Å². The molecule has 0 atom stereocenters. The van der Waals surface area contributed by atoms with E-state index >= 15 is 0 Å². The molecular weight excluding hydrogens is 199 g/mol. The Kier molecular flexibility index (Phi) is 1.96. The van der Waals surface area contributed by atoms with Crippen LogP contribution >= 0.6 is 0 Å². The number of aromatic nitrogens is 2. The van der Waals surface area contributed by atoms with E-state index in [9.17, 15) is 9.18 Å². The van der Waals surface area contributed by atoms with Gasteiger partial charge >= 0.3 is 0 Å². The maximum atomic E-state index is 12.9. The third-order valence-electron chi connectivity index (χ3n) is 2.00. The number of hydrogen-bond acceptors (Lipinski definition) is 4. The zero-order chi connectivity index (χ0) is 11.0. The van der Waals surface area contributed by atoms with Gasteiger partial charge in [0.05, 0.1) is 11.2 Å². The van der Waals surface area contributed by atoms with Crippen LogP contribution in [-0.4, -0.2) is 16.1 Å². The summed E-state index contributed by atoms with van der Waals surface area (Å²) in [5.41, 5.74) is 11.0. The van der Waals surface area contributed by atoms with Crippen LogP contribution in [0.25, 0.3) is 10.9 Å². The fraction of sp³-hybridized carbons (Fsp3) is 0. The maximum absolute atomic E-state index is 12.9. The van der Waals surface area contributed by atoms with Gasteiger partial charge in [0.1, 0.15) is 5.82 Å². The minimum absolute atomic E-state index is 0.0481. The van der Waals surface area contributed by atoms with Gasteiger partial charge in [-0.05, 0) is 18.2 Å². The summed E-state index contributed by atoms with van der Waals surface area (Å²) < 4.78 is 12.9. The first-order valence-corrected chi connectivity index (χ1v) is 4.11. The summed E-state index contributed by atoms with van der Waals surface area (Å²) in [5, 5.41) is 7.60. The van der Waals surface area contributed by atoms with E-state index in [0.29, 0.717) is 10.9 Å². The molecular formula is C9H7FN4O. The van der Waals surface area contributed by atoms with Gasteiger partial charge in [0.15, 0.2) is 5.69 Å². The van der Waals surface area contributed by atoms with Gasteiger partial charge < -0.3 is 11.5 Å². The lowest BCUT2D eigenvalue weighted by Gasteiger charge is -2.03. The Morgan fingerprint density at radius 2 is 2.07 bits per heavy atom. The summed E-state index contributed by atoms with van der Waals surface area (Å²) in [6.07, 6.45) is 0. The molecule has 5 nitrogen and oxygen atoms in total. The molecule has 1 amide bonds. The van der Waals surface area contributed by atoms with Crippen LogP contribution in [0, 0.1) is 5.82 Å². The van der Waals surface area contributed by atoms with Crippen molar-refractivity contribution in [1.82, 2.24) is 10.2 Å². The molecule has 0 saturated heterocycles. The van der Waals surface area contributed by atoms with Gasteiger partial charge in [-0.1, -0.05) is 0 Å². The van der Waals surface area contributed by atoms with E-state index < -0.39 is 11.7 Å². The Bertz CT molecular complexity index is 555. The molecule has 0 bridgehead atoms. The molecule has 0 unspecified atom stereocenters. The van der Waals surface area contributed by atoms with Crippen molar-refractivity contribution in [3.63, 3.8) is 0 Å². The first-order valence-electron chi connectivity index (χ1n) is 4.11. The van der Waals surface area contributed by atoms with Crippen molar-refractivity contribution in [2.45, 2.75) is 0 Å². The lowest BCUT2D eigenvalue weighted by Crippen LogP contribution is -2.16. The standard InChI is InChI=1S/C9H7FN4O/c10-4-1-2-6-5(3-4)7(11)8(9(12)15)14-13-6/h1-3H,(H2,11,13)(H2,12,15). The highest BCUT2D eigenvalue weighted by atomic mass is 19.1. The van der Waals surface area contributed by atoms with Crippen LogP contribution in [0.2, 0.25) is 0 Å². The van der Waals surface area contributed by atoms with Gasteiger partial charge in [0, 0.05) is 5.39 Å². The molecule has 2 rings (SSSR count). The zero-order valence-corrected chi connectivity index (χ0v) is 7.57. The highest BCUT2D eigenvalue weighted by Crippen LogP contribution is 2.21.